The molecule has 2 heteroatoms. The minimum absolute atomic E-state index is 0.145. The molecule has 2 atom stereocenters. The second kappa shape index (κ2) is 5.95. The Morgan fingerprint density at radius 1 is 1.47 bits per heavy atom. The molecule has 0 amide bonds. The Morgan fingerprint density at radius 3 is 2.67 bits per heavy atom. The third-order valence-corrected chi connectivity index (χ3v) is 3.15. The normalized spacial score (nSPS) is 14.3. The largest absolute Gasteiger partial charge is 0.297 e. The van der Waals surface area contributed by atoms with E-state index in [-0.39, 0.29) is 12.1 Å². The van der Waals surface area contributed by atoms with Crippen molar-refractivity contribution in [2.45, 2.75) is 32.4 Å². The molecule has 0 fully saturated rings. The van der Waals surface area contributed by atoms with Crippen molar-refractivity contribution in [1.82, 2.24) is 5.32 Å². The zero-order chi connectivity index (χ0) is 11.3. The molecule has 0 saturated carbocycles. The number of terminal acetylenes is 1. The van der Waals surface area contributed by atoms with Crippen LogP contribution >= 0.6 is 15.9 Å². The first kappa shape index (κ1) is 12.3. The van der Waals surface area contributed by atoms with E-state index in [1.54, 1.807) is 0 Å². The highest BCUT2D eigenvalue weighted by molar-refractivity contribution is 9.10. The third kappa shape index (κ3) is 3.37. The lowest BCUT2D eigenvalue weighted by molar-refractivity contribution is 0.511. The molecule has 80 valence electrons. The summed E-state index contributed by atoms with van der Waals surface area (Å²) in [7, 11) is 0. The van der Waals surface area contributed by atoms with Crippen LogP contribution in [0, 0.1) is 12.3 Å². The van der Waals surface area contributed by atoms with Crippen molar-refractivity contribution < 1.29 is 0 Å². The molecule has 1 aromatic carbocycles. The summed E-state index contributed by atoms with van der Waals surface area (Å²) in [5.41, 5.74) is 1.24. The Balaban J connectivity index is 2.73. The molecular formula is C13H16BrN. The molecule has 0 spiro atoms. The molecule has 1 unspecified atom stereocenters. The Bertz CT molecular complexity index is 354. The van der Waals surface area contributed by atoms with Crippen molar-refractivity contribution in [2.24, 2.45) is 0 Å². The van der Waals surface area contributed by atoms with Gasteiger partial charge in [-0.25, -0.2) is 0 Å². The average Bonchev–Trinajstić information content (AvgIpc) is 2.26. The van der Waals surface area contributed by atoms with E-state index in [1.165, 1.54) is 5.56 Å². The van der Waals surface area contributed by atoms with Gasteiger partial charge in [0.05, 0.1) is 6.04 Å². The van der Waals surface area contributed by atoms with Gasteiger partial charge in [-0.1, -0.05) is 47.0 Å². The highest BCUT2D eigenvalue weighted by Gasteiger charge is 2.11. The highest BCUT2D eigenvalue weighted by atomic mass is 79.9. The first-order valence-electron chi connectivity index (χ1n) is 5.15. The van der Waals surface area contributed by atoms with Gasteiger partial charge in [-0.2, -0.15) is 0 Å². The Hall–Kier alpha value is -0.780. The minimum atomic E-state index is 0.145. The fourth-order valence-corrected chi connectivity index (χ4v) is 2.13. The van der Waals surface area contributed by atoms with E-state index in [2.05, 4.69) is 47.1 Å². The van der Waals surface area contributed by atoms with E-state index in [4.69, 9.17) is 6.42 Å². The summed E-state index contributed by atoms with van der Waals surface area (Å²) in [5, 5.41) is 3.41. The molecule has 0 aliphatic rings. The number of hydrogen-bond donors (Lipinski definition) is 1. The fraction of sp³-hybridized carbons (Fsp3) is 0.385. The molecule has 0 heterocycles. The maximum Gasteiger partial charge on any atom is 0.0688 e. The summed E-state index contributed by atoms with van der Waals surface area (Å²) in [4.78, 5) is 0. The second-order valence-electron chi connectivity index (χ2n) is 3.54. The summed E-state index contributed by atoms with van der Waals surface area (Å²) in [6, 6.07) is 8.61. The topological polar surface area (TPSA) is 12.0 Å². The Kier molecular flexibility index (Phi) is 4.87. The standard InChI is InChI=1S/C13H16BrN/c1-4-11(5-2)15-10(3)12-8-6-7-9-13(12)14/h1,6-11,15H,5H2,2-3H3/t10-,11?/m0/s1. The molecule has 0 aliphatic heterocycles. The number of nitrogens with one attached hydrogen (secondary N) is 1. The lowest BCUT2D eigenvalue weighted by atomic mass is 10.1. The monoisotopic (exact) mass is 265 g/mol. The van der Waals surface area contributed by atoms with Crippen molar-refractivity contribution in [1.29, 1.82) is 0 Å². The van der Waals surface area contributed by atoms with E-state index in [0.29, 0.717) is 0 Å². The molecular weight excluding hydrogens is 250 g/mol. The van der Waals surface area contributed by atoms with Gasteiger partial charge in [0.2, 0.25) is 0 Å². The summed E-state index contributed by atoms with van der Waals surface area (Å²) in [5.74, 6) is 2.75. The zero-order valence-corrected chi connectivity index (χ0v) is 10.7. The first-order valence-corrected chi connectivity index (χ1v) is 5.95. The van der Waals surface area contributed by atoms with Crippen molar-refractivity contribution in [3.05, 3.63) is 34.3 Å². The predicted molar refractivity (Wildman–Crippen MR) is 68.6 cm³/mol. The van der Waals surface area contributed by atoms with Gasteiger partial charge in [0.1, 0.15) is 0 Å². The molecule has 0 aromatic heterocycles. The van der Waals surface area contributed by atoms with Crippen LogP contribution in [0.5, 0.6) is 0 Å². The van der Waals surface area contributed by atoms with Crippen LogP contribution in [0.15, 0.2) is 28.7 Å². The summed E-state index contributed by atoms with van der Waals surface area (Å²) in [6.45, 7) is 4.21. The van der Waals surface area contributed by atoms with Gasteiger partial charge < -0.3 is 0 Å². The summed E-state index contributed by atoms with van der Waals surface area (Å²) in [6.07, 6.45) is 6.37. The maximum absolute atomic E-state index is 5.42. The van der Waals surface area contributed by atoms with Crippen molar-refractivity contribution in [3.8, 4) is 12.3 Å². The molecule has 0 saturated heterocycles. The average molecular weight is 266 g/mol. The Morgan fingerprint density at radius 2 is 2.13 bits per heavy atom. The predicted octanol–water partition coefficient (Wildman–Crippen LogP) is 3.51. The van der Waals surface area contributed by atoms with Crippen LogP contribution in [0.2, 0.25) is 0 Å². The smallest absolute Gasteiger partial charge is 0.0688 e. The molecule has 1 rings (SSSR count). The minimum Gasteiger partial charge on any atom is -0.297 e. The van der Waals surface area contributed by atoms with Crippen LogP contribution < -0.4 is 5.32 Å². The van der Waals surface area contributed by atoms with Crippen LogP contribution in [0.1, 0.15) is 31.9 Å². The van der Waals surface area contributed by atoms with Crippen LogP contribution in [-0.2, 0) is 0 Å². The van der Waals surface area contributed by atoms with Crippen molar-refractivity contribution >= 4 is 15.9 Å². The first-order chi connectivity index (χ1) is 7.19. The van der Waals surface area contributed by atoms with Gasteiger partial charge in [-0.05, 0) is 25.0 Å². The highest BCUT2D eigenvalue weighted by Crippen LogP contribution is 2.23. The van der Waals surface area contributed by atoms with E-state index in [9.17, 15) is 0 Å². The van der Waals surface area contributed by atoms with E-state index in [0.717, 1.165) is 10.9 Å². The second-order valence-corrected chi connectivity index (χ2v) is 4.39. The number of benzene rings is 1. The summed E-state index contributed by atoms with van der Waals surface area (Å²) < 4.78 is 1.12. The van der Waals surface area contributed by atoms with Gasteiger partial charge in [-0.3, -0.25) is 5.32 Å². The van der Waals surface area contributed by atoms with Crippen LogP contribution in [0.25, 0.3) is 0 Å². The van der Waals surface area contributed by atoms with Gasteiger partial charge in [0.25, 0.3) is 0 Å². The van der Waals surface area contributed by atoms with Crippen LogP contribution in [-0.4, -0.2) is 6.04 Å². The van der Waals surface area contributed by atoms with Crippen LogP contribution in [0.3, 0.4) is 0 Å². The van der Waals surface area contributed by atoms with E-state index >= 15 is 0 Å². The SMILES string of the molecule is C#CC(CC)N[C@@H](C)c1ccccc1Br. The summed E-state index contributed by atoms with van der Waals surface area (Å²) >= 11 is 3.54. The van der Waals surface area contributed by atoms with Gasteiger partial charge in [-0.15, -0.1) is 6.42 Å². The van der Waals surface area contributed by atoms with Crippen molar-refractivity contribution in [2.75, 3.05) is 0 Å². The number of rotatable bonds is 4. The molecule has 0 aliphatic carbocycles. The maximum atomic E-state index is 5.42. The van der Waals surface area contributed by atoms with Gasteiger partial charge in [0.15, 0.2) is 0 Å². The Labute approximate surface area is 100 Å². The lowest BCUT2D eigenvalue weighted by Gasteiger charge is -2.19. The molecule has 0 radical (unpaired) electrons. The van der Waals surface area contributed by atoms with Crippen molar-refractivity contribution in [3.63, 3.8) is 0 Å². The third-order valence-electron chi connectivity index (χ3n) is 2.43. The molecule has 15 heavy (non-hydrogen) atoms. The molecule has 1 N–H and O–H groups in total. The molecule has 0 bridgehead atoms. The zero-order valence-electron chi connectivity index (χ0n) is 9.13. The van der Waals surface area contributed by atoms with Gasteiger partial charge >= 0.3 is 0 Å². The van der Waals surface area contributed by atoms with E-state index < -0.39 is 0 Å². The molecule has 1 aromatic rings. The van der Waals surface area contributed by atoms with Crippen LogP contribution in [0.4, 0.5) is 0 Å². The number of halogens is 1. The number of hydrogen-bond acceptors (Lipinski definition) is 1. The lowest BCUT2D eigenvalue weighted by Crippen LogP contribution is -2.29. The van der Waals surface area contributed by atoms with Gasteiger partial charge in [0, 0.05) is 10.5 Å². The fourth-order valence-electron chi connectivity index (χ4n) is 1.50. The quantitative estimate of drug-likeness (QED) is 0.822. The van der Waals surface area contributed by atoms with E-state index in [1.807, 2.05) is 18.2 Å². The molecule has 1 nitrogen and oxygen atoms in total.